The van der Waals surface area contributed by atoms with Crippen molar-refractivity contribution in [3.05, 3.63) is 57.3 Å². The van der Waals surface area contributed by atoms with E-state index in [9.17, 15) is 10.1 Å². The largest absolute Gasteiger partial charge is 0.486 e. The lowest BCUT2D eigenvalue weighted by atomic mass is 9.99. The second-order valence-corrected chi connectivity index (χ2v) is 7.87. The molecule has 1 aliphatic rings. The van der Waals surface area contributed by atoms with E-state index in [4.69, 9.17) is 4.74 Å². The molecule has 2 N–H and O–H groups in total. The summed E-state index contributed by atoms with van der Waals surface area (Å²) in [6.07, 6.45) is 3.44. The average molecular weight is 458 g/mol. The minimum absolute atomic E-state index is 0.0847. The molecule has 0 amide bonds. The fourth-order valence-corrected chi connectivity index (χ4v) is 3.79. The third kappa shape index (κ3) is 4.63. The van der Waals surface area contributed by atoms with Crippen molar-refractivity contribution in [3.8, 4) is 5.75 Å². The molecular formula is C20H20BrN5O3. The summed E-state index contributed by atoms with van der Waals surface area (Å²) in [4.78, 5) is 19.8. The van der Waals surface area contributed by atoms with Crippen LogP contribution < -0.4 is 15.4 Å². The highest BCUT2D eigenvalue weighted by molar-refractivity contribution is 9.10. The van der Waals surface area contributed by atoms with Gasteiger partial charge in [-0.1, -0.05) is 22.0 Å². The second kappa shape index (κ2) is 8.71. The molecule has 0 unspecified atom stereocenters. The number of hydrogen-bond acceptors (Lipinski definition) is 7. The van der Waals surface area contributed by atoms with E-state index in [1.807, 2.05) is 24.3 Å². The van der Waals surface area contributed by atoms with Crippen LogP contribution in [0.1, 0.15) is 12.8 Å². The monoisotopic (exact) mass is 457 g/mol. The summed E-state index contributed by atoms with van der Waals surface area (Å²) in [6.45, 7) is 2.36. The molecule has 2 heterocycles. The molecule has 4 rings (SSSR count). The Hall–Kier alpha value is -2.78. The van der Waals surface area contributed by atoms with Gasteiger partial charge in [-0.3, -0.25) is 10.1 Å². The van der Waals surface area contributed by atoms with Gasteiger partial charge in [-0.25, -0.2) is 9.97 Å². The van der Waals surface area contributed by atoms with Crippen LogP contribution in [0.5, 0.6) is 5.75 Å². The number of aromatic nitrogens is 2. The summed E-state index contributed by atoms with van der Waals surface area (Å²) in [7, 11) is 0. The maximum absolute atomic E-state index is 11.7. The second-order valence-electron chi connectivity index (χ2n) is 6.96. The molecule has 150 valence electrons. The zero-order valence-electron chi connectivity index (χ0n) is 15.6. The smallest absolute Gasteiger partial charge is 0.311 e. The molecular weight excluding hydrogens is 438 g/mol. The Morgan fingerprint density at radius 1 is 1.24 bits per heavy atom. The lowest BCUT2D eigenvalue weighted by Gasteiger charge is -2.22. The van der Waals surface area contributed by atoms with Crippen LogP contribution in [0, 0.1) is 16.0 Å². The van der Waals surface area contributed by atoms with E-state index >= 15 is 0 Å². The Morgan fingerprint density at radius 3 is 2.83 bits per heavy atom. The summed E-state index contributed by atoms with van der Waals surface area (Å²) in [5.41, 5.74) is 1.31. The van der Waals surface area contributed by atoms with E-state index in [1.54, 1.807) is 6.07 Å². The van der Waals surface area contributed by atoms with Gasteiger partial charge in [-0.2, -0.15) is 0 Å². The third-order valence-electron chi connectivity index (χ3n) is 4.93. The van der Waals surface area contributed by atoms with Crippen molar-refractivity contribution in [2.24, 2.45) is 5.92 Å². The number of piperidine rings is 1. The molecule has 0 spiro atoms. The molecule has 0 radical (unpaired) electrons. The Kier molecular flexibility index (Phi) is 5.86. The number of benzene rings is 2. The van der Waals surface area contributed by atoms with Crippen molar-refractivity contribution in [1.29, 1.82) is 0 Å². The van der Waals surface area contributed by atoms with Crippen LogP contribution in [0.4, 0.5) is 17.2 Å². The molecule has 3 aromatic rings. The molecule has 2 aromatic carbocycles. The average Bonchev–Trinajstić information content (AvgIpc) is 2.72. The number of anilines is 2. The van der Waals surface area contributed by atoms with E-state index in [0.29, 0.717) is 29.2 Å². The van der Waals surface area contributed by atoms with Crippen molar-refractivity contribution < 1.29 is 9.66 Å². The molecule has 1 aromatic heterocycles. The summed E-state index contributed by atoms with van der Waals surface area (Å²) in [5.74, 6) is 1.14. The minimum Gasteiger partial charge on any atom is -0.486 e. The molecule has 0 bridgehead atoms. The molecule has 0 saturated carbocycles. The number of fused-ring (bicyclic) bond motifs is 1. The number of ether oxygens (including phenoxy) is 1. The molecule has 0 atom stereocenters. The minimum atomic E-state index is -0.424. The number of nitrogens with zero attached hydrogens (tertiary/aromatic N) is 3. The van der Waals surface area contributed by atoms with Crippen molar-refractivity contribution in [1.82, 2.24) is 15.3 Å². The first-order valence-electron chi connectivity index (χ1n) is 9.39. The normalized spacial score (nSPS) is 14.7. The summed E-state index contributed by atoms with van der Waals surface area (Å²) in [6, 6.07) is 10.7. The number of nitrogens with one attached hydrogen (secondary N) is 2. The van der Waals surface area contributed by atoms with E-state index in [2.05, 4.69) is 36.5 Å². The van der Waals surface area contributed by atoms with Gasteiger partial charge in [0.05, 0.1) is 22.4 Å². The maximum Gasteiger partial charge on any atom is 0.311 e. The number of nitro benzene ring substituents is 1. The number of rotatable bonds is 6. The Labute approximate surface area is 176 Å². The highest BCUT2D eigenvalue weighted by atomic mass is 79.9. The van der Waals surface area contributed by atoms with Gasteiger partial charge in [-0.15, -0.1) is 0 Å². The molecule has 1 aliphatic heterocycles. The molecule has 9 heteroatoms. The van der Waals surface area contributed by atoms with Crippen LogP contribution in [0.2, 0.25) is 0 Å². The standard InChI is InChI=1S/C20H20BrN5O3/c21-14-2-1-3-15(8-14)25-20-16-9-18(26(27)28)19(10-17(16)23-12-24-20)29-11-13-4-6-22-7-5-13/h1-3,8-10,12-13,22H,4-7,11H2,(H,23,24,25). The lowest BCUT2D eigenvalue weighted by molar-refractivity contribution is -0.385. The van der Waals surface area contributed by atoms with Gasteiger partial charge in [0.2, 0.25) is 0 Å². The molecule has 8 nitrogen and oxygen atoms in total. The number of nitro groups is 1. The van der Waals surface area contributed by atoms with E-state index < -0.39 is 4.92 Å². The van der Waals surface area contributed by atoms with Crippen LogP contribution in [-0.2, 0) is 0 Å². The Bertz CT molecular complexity index is 1040. The van der Waals surface area contributed by atoms with Gasteiger partial charge in [0.15, 0.2) is 5.75 Å². The zero-order valence-corrected chi connectivity index (χ0v) is 17.2. The number of halogens is 1. The first kappa shape index (κ1) is 19.5. The van der Waals surface area contributed by atoms with Crippen molar-refractivity contribution in [2.75, 3.05) is 25.0 Å². The lowest BCUT2D eigenvalue weighted by Crippen LogP contribution is -2.30. The first-order chi connectivity index (χ1) is 14.1. The van der Waals surface area contributed by atoms with Gasteiger partial charge in [0.25, 0.3) is 0 Å². The van der Waals surface area contributed by atoms with Crippen molar-refractivity contribution in [3.63, 3.8) is 0 Å². The molecule has 29 heavy (non-hydrogen) atoms. The fourth-order valence-electron chi connectivity index (χ4n) is 3.39. The van der Waals surface area contributed by atoms with Gasteiger partial charge < -0.3 is 15.4 Å². The van der Waals surface area contributed by atoms with Crippen LogP contribution in [0.25, 0.3) is 10.9 Å². The van der Waals surface area contributed by atoms with E-state index in [1.165, 1.54) is 12.4 Å². The zero-order chi connectivity index (χ0) is 20.2. The quantitative estimate of drug-likeness (QED) is 0.416. The Balaban J connectivity index is 1.65. The SMILES string of the molecule is O=[N+]([O-])c1cc2c(Nc3cccc(Br)c3)ncnc2cc1OCC1CCNCC1. The van der Waals surface area contributed by atoms with Gasteiger partial charge in [0.1, 0.15) is 12.1 Å². The number of hydrogen-bond donors (Lipinski definition) is 2. The van der Waals surface area contributed by atoms with Gasteiger partial charge in [-0.05, 0) is 50.0 Å². The predicted molar refractivity (Wildman–Crippen MR) is 115 cm³/mol. The van der Waals surface area contributed by atoms with Crippen LogP contribution in [0.3, 0.4) is 0 Å². The highest BCUT2D eigenvalue weighted by Gasteiger charge is 2.21. The van der Waals surface area contributed by atoms with E-state index in [-0.39, 0.29) is 11.4 Å². The highest BCUT2D eigenvalue weighted by Crippen LogP contribution is 2.35. The summed E-state index contributed by atoms with van der Waals surface area (Å²) in [5, 5.41) is 18.8. The van der Waals surface area contributed by atoms with E-state index in [0.717, 1.165) is 36.1 Å². The van der Waals surface area contributed by atoms with Crippen LogP contribution in [-0.4, -0.2) is 34.6 Å². The third-order valence-corrected chi connectivity index (χ3v) is 5.43. The maximum atomic E-state index is 11.7. The van der Waals surface area contributed by atoms with Crippen molar-refractivity contribution in [2.45, 2.75) is 12.8 Å². The molecule has 0 aliphatic carbocycles. The Morgan fingerprint density at radius 2 is 2.07 bits per heavy atom. The summed E-state index contributed by atoms with van der Waals surface area (Å²) < 4.78 is 6.78. The molecule has 1 fully saturated rings. The van der Waals surface area contributed by atoms with Crippen LogP contribution >= 0.6 is 15.9 Å². The topological polar surface area (TPSA) is 102 Å². The first-order valence-corrected chi connectivity index (χ1v) is 10.2. The van der Waals surface area contributed by atoms with Crippen LogP contribution in [0.15, 0.2) is 47.2 Å². The van der Waals surface area contributed by atoms with Gasteiger partial charge >= 0.3 is 5.69 Å². The summed E-state index contributed by atoms with van der Waals surface area (Å²) >= 11 is 3.43. The van der Waals surface area contributed by atoms with Crippen molar-refractivity contribution >= 4 is 44.0 Å². The fraction of sp³-hybridized carbons (Fsp3) is 0.300. The molecule has 1 saturated heterocycles. The van der Waals surface area contributed by atoms with Gasteiger partial charge in [0, 0.05) is 22.3 Å². The predicted octanol–water partition coefficient (Wildman–Crippen LogP) is 4.42.